The fourth-order valence-corrected chi connectivity index (χ4v) is 1.99. The lowest BCUT2D eigenvalue weighted by Crippen LogP contribution is -2.34. The Labute approximate surface area is 59.8 Å². The summed E-state index contributed by atoms with van der Waals surface area (Å²) < 4.78 is 0. The number of rotatable bonds is 3. The molecule has 2 nitrogen and oxygen atoms in total. The number of aliphatic hydroxyl groups is 1. The van der Waals surface area contributed by atoms with Crippen molar-refractivity contribution in [2.24, 2.45) is 17.6 Å². The molecule has 1 fully saturated rings. The molecule has 0 bridgehead atoms. The van der Waals surface area contributed by atoms with E-state index in [1.807, 2.05) is 11.8 Å². The second-order valence-electron chi connectivity index (χ2n) is 2.48. The molecule has 0 saturated carbocycles. The lowest BCUT2D eigenvalue weighted by atomic mass is 9.96. The van der Waals surface area contributed by atoms with E-state index in [9.17, 15) is 0 Å². The van der Waals surface area contributed by atoms with Crippen molar-refractivity contribution in [2.45, 2.75) is 0 Å². The van der Waals surface area contributed by atoms with Crippen LogP contribution in [0.5, 0.6) is 0 Å². The van der Waals surface area contributed by atoms with Crippen LogP contribution in [0.4, 0.5) is 0 Å². The second-order valence-corrected chi connectivity index (χ2v) is 3.55. The minimum atomic E-state index is 0.266. The van der Waals surface area contributed by atoms with Crippen LogP contribution in [-0.2, 0) is 0 Å². The van der Waals surface area contributed by atoms with Crippen molar-refractivity contribution in [3.8, 4) is 0 Å². The van der Waals surface area contributed by atoms with Crippen LogP contribution in [0.15, 0.2) is 0 Å². The summed E-state index contributed by atoms with van der Waals surface area (Å²) in [4.78, 5) is 0. The van der Waals surface area contributed by atoms with Gasteiger partial charge in [0.05, 0.1) is 0 Å². The molecule has 9 heavy (non-hydrogen) atoms. The van der Waals surface area contributed by atoms with Crippen LogP contribution in [0.1, 0.15) is 0 Å². The molecule has 3 heteroatoms. The van der Waals surface area contributed by atoms with Gasteiger partial charge in [0, 0.05) is 6.61 Å². The molecule has 0 aromatic heterocycles. The lowest BCUT2D eigenvalue weighted by molar-refractivity contribution is 0.194. The average Bonchev–Trinajstić information content (AvgIpc) is 1.78. The Morgan fingerprint density at radius 3 is 2.44 bits per heavy atom. The van der Waals surface area contributed by atoms with E-state index in [1.165, 1.54) is 11.5 Å². The first-order chi connectivity index (χ1) is 4.38. The van der Waals surface area contributed by atoms with Crippen molar-refractivity contribution >= 4 is 11.8 Å². The van der Waals surface area contributed by atoms with Crippen molar-refractivity contribution in [1.29, 1.82) is 0 Å². The predicted molar refractivity (Wildman–Crippen MR) is 40.4 cm³/mol. The van der Waals surface area contributed by atoms with Gasteiger partial charge in [0.2, 0.25) is 0 Å². The van der Waals surface area contributed by atoms with E-state index in [1.54, 1.807) is 0 Å². The summed E-state index contributed by atoms with van der Waals surface area (Å²) in [6, 6.07) is 0. The Morgan fingerprint density at radius 2 is 2.33 bits per heavy atom. The maximum Gasteiger partial charge on any atom is 0.0474 e. The van der Waals surface area contributed by atoms with Gasteiger partial charge in [-0.05, 0) is 29.9 Å². The normalized spacial score (nSPS) is 23.3. The summed E-state index contributed by atoms with van der Waals surface area (Å²) in [5.74, 6) is 3.46. The van der Waals surface area contributed by atoms with Gasteiger partial charge in [0.25, 0.3) is 0 Å². The molecule has 0 aliphatic carbocycles. The Kier molecular flexibility index (Phi) is 2.82. The molecule has 1 saturated heterocycles. The van der Waals surface area contributed by atoms with Gasteiger partial charge in [0.1, 0.15) is 0 Å². The molecular formula is C6H13NOS. The summed E-state index contributed by atoms with van der Waals surface area (Å²) in [5, 5.41) is 8.77. The third kappa shape index (κ3) is 1.60. The Morgan fingerprint density at radius 1 is 1.67 bits per heavy atom. The van der Waals surface area contributed by atoms with Crippen LogP contribution < -0.4 is 5.73 Å². The van der Waals surface area contributed by atoms with Crippen molar-refractivity contribution in [1.82, 2.24) is 0 Å². The topological polar surface area (TPSA) is 46.2 Å². The van der Waals surface area contributed by atoms with Crippen molar-refractivity contribution in [3.05, 3.63) is 0 Å². The minimum Gasteiger partial charge on any atom is -0.396 e. The summed E-state index contributed by atoms with van der Waals surface area (Å²) in [6.07, 6.45) is 0. The van der Waals surface area contributed by atoms with E-state index in [4.69, 9.17) is 10.8 Å². The quantitative estimate of drug-likeness (QED) is 0.587. The molecule has 1 aliphatic rings. The number of thioether (sulfide) groups is 1. The highest BCUT2D eigenvalue weighted by Gasteiger charge is 2.25. The van der Waals surface area contributed by atoms with E-state index in [2.05, 4.69) is 0 Å². The van der Waals surface area contributed by atoms with E-state index in [0.29, 0.717) is 18.4 Å². The zero-order valence-corrected chi connectivity index (χ0v) is 6.23. The van der Waals surface area contributed by atoms with Gasteiger partial charge in [0.15, 0.2) is 0 Å². The van der Waals surface area contributed by atoms with E-state index >= 15 is 0 Å². The highest BCUT2D eigenvalue weighted by molar-refractivity contribution is 8.00. The summed E-state index contributed by atoms with van der Waals surface area (Å²) in [6.45, 7) is 0.906. The van der Waals surface area contributed by atoms with Crippen molar-refractivity contribution < 1.29 is 5.11 Å². The van der Waals surface area contributed by atoms with Crippen LogP contribution in [-0.4, -0.2) is 29.8 Å². The second kappa shape index (κ2) is 3.44. The van der Waals surface area contributed by atoms with Crippen LogP contribution in [0.25, 0.3) is 0 Å². The average molecular weight is 147 g/mol. The third-order valence-electron chi connectivity index (χ3n) is 1.87. The zero-order chi connectivity index (χ0) is 6.69. The molecule has 1 unspecified atom stereocenters. The number of aliphatic hydroxyl groups excluding tert-OH is 1. The molecule has 0 spiro atoms. The molecule has 0 radical (unpaired) electrons. The van der Waals surface area contributed by atoms with Crippen LogP contribution >= 0.6 is 11.8 Å². The van der Waals surface area contributed by atoms with Gasteiger partial charge in [-0.1, -0.05) is 0 Å². The fourth-order valence-electron chi connectivity index (χ4n) is 0.942. The first-order valence-corrected chi connectivity index (χ1v) is 4.42. The summed E-state index contributed by atoms with van der Waals surface area (Å²) >= 11 is 1.94. The molecular weight excluding hydrogens is 134 g/mol. The molecule has 1 atom stereocenters. The maximum atomic E-state index is 8.77. The van der Waals surface area contributed by atoms with Crippen LogP contribution in [0.2, 0.25) is 0 Å². The van der Waals surface area contributed by atoms with Crippen LogP contribution in [0.3, 0.4) is 0 Å². The highest BCUT2D eigenvalue weighted by atomic mass is 32.2. The van der Waals surface area contributed by atoms with Gasteiger partial charge in [-0.3, -0.25) is 0 Å². The minimum absolute atomic E-state index is 0.266. The molecule has 1 aliphatic heterocycles. The van der Waals surface area contributed by atoms with E-state index < -0.39 is 0 Å². The van der Waals surface area contributed by atoms with Crippen molar-refractivity contribution in [3.63, 3.8) is 0 Å². The lowest BCUT2D eigenvalue weighted by Gasteiger charge is -2.31. The largest absolute Gasteiger partial charge is 0.396 e. The SMILES string of the molecule is NCC(CO)C1CSC1. The summed E-state index contributed by atoms with van der Waals surface area (Å²) in [5.41, 5.74) is 5.42. The predicted octanol–water partition coefficient (Wildman–Crippen LogP) is -0.0834. The first-order valence-electron chi connectivity index (χ1n) is 3.27. The molecule has 1 rings (SSSR count). The van der Waals surface area contributed by atoms with Gasteiger partial charge >= 0.3 is 0 Å². The molecule has 0 aromatic rings. The van der Waals surface area contributed by atoms with Crippen LogP contribution in [0, 0.1) is 11.8 Å². The monoisotopic (exact) mass is 147 g/mol. The standard InChI is InChI=1S/C6H13NOS/c7-1-5(2-8)6-3-9-4-6/h5-6,8H,1-4,7H2. The van der Waals surface area contributed by atoms with E-state index in [-0.39, 0.29) is 6.61 Å². The Hall–Kier alpha value is 0.270. The van der Waals surface area contributed by atoms with Crippen molar-refractivity contribution in [2.75, 3.05) is 24.7 Å². The maximum absolute atomic E-state index is 8.77. The smallest absolute Gasteiger partial charge is 0.0474 e. The van der Waals surface area contributed by atoms with Gasteiger partial charge in [-0.2, -0.15) is 11.8 Å². The van der Waals surface area contributed by atoms with Gasteiger partial charge in [-0.25, -0.2) is 0 Å². The molecule has 54 valence electrons. The molecule has 3 N–H and O–H groups in total. The fraction of sp³-hybridized carbons (Fsp3) is 1.00. The van der Waals surface area contributed by atoms with Gasteiger partial charge < -0.3 is 10.8 Å². The molecule has 0 aromatic carbocycles. The molecule has 0 amide bonds. The van der Waals surface area contributed by atoms with Gasteiger partial charge in [-0.15, -0.1) is 0 Å². The summed E-state index contributed by atoms with van der Waals surface area (Å²) in [7, 11) is 0. The third-order valence-corrected chi connectivity index (χ3v) is 3.20. The number of nitrogens with two attached hydrogens (primary N) is 1. The first kappa shape index (κ1) is 7.38. The number of hydrogen-bond acceptors (Lipinski definition) is 3. The Bertz CT molecular complexity index is 81.1. The molecule has 1 heterocycles. The number of hydrogen-bond donors (Lipinski definition) is 2. The highest BCUT2D eigenvalue weighted by Crippen LogP contribution is 2.30. The van der Waals surface area contributed by atoms with E-state index in [0.717, 1.165) is 0 Å². The zero-order valence-electron chi connectivity index (χ0n) is 5.42. The Balaban J connectivity index is 2.19.